The number of nitrogens with one attached hydrogen (secondary N) is 1. The fraction of sp³-hybridized carbons (Fsp3) is 0.667. The van der Waals surface area contributed by atoms with E-state index in [-0.39, 0.29) is 0 Å². The Balaban J connectivity index is 1.83. The number of hydrogen-bond acceptors (Lipinski definition) is 1. The lowest BCUT2D eigenvalue weighted by Gasteiger charge is -2.38. The first-order valence-electron chi connectivity index (χ1n) is 8.22. The Morgan fingerprint density at radius 1 is 1.11 bits per heavy atom. The second-order valence-electron chi connectivity index (χ2n) is 6.38. The van der Waals surface area contributed by atoms with E-state index in [9.17, 15) is 0 Å². The molecule has 0 heterocycles. The zero-order chi connectivity index (χ0) is 13.1. The molecule has 1 heteroatoms. The highest BCUT2D eigenvalue weighted by Gasteiger charge is 2.31. The van der Waals surface area contributed by atoms with Crippen LogP contribution in [0.25, 0.3) is 0 Å². The molecule has 3 rings (SSSR count). The van der Waals surface area contributed by atoms with Crippen molar-refractivity contribution in [3.05, 3.63) is 35.4 Å². The Morgan fingerprint density at radius 2 is 1.84 bits per heavy atom. The maximum atomic E-state index is 3.83. The van der Waals surface area contributed by atoms with Crippen LogP contribution in [0, 0.1) is 5.92 Å². The first-order valence-corrected chi connectivity index (χ1v) is 8.22. The fourth-order valence-electron chi connectivity index (χ4n) is 3.49. The van der Waals surface area contributed by atoms with Crippen LogP contribution >= 0.6 is 0 Å². The van der Waals surface area contributed by atoms with E-state index in [2.05, 4.69) is 36.5 Å². The molecule has 0 aliphatic heterocycles. The molecule has 2 aliphatic rings. The monoisotopic (exact) mass is 257 g/mol. The van der Waals surface area contributed by atoms with Crippen LogP contribution in [-0.2, 0) is 0 Å². The molecule has 1 aromatic rings. The average molecular weight is 257 g/mol. The Hall–Kier alpha value is -0.820. The highest BCUT2D eigenvalue weighted by molar-refractivity contribution is 5.35. The Morgan fingerprint density at radius 3 is 2.42 bits per heavy atom. The van der Waals surface area contributed by atoms with Crippen molar-refractivity contribution < 1.29 is 0 Å². The van der Waals surface area contributed by atoms with E-state index >= 15 is 0 Å². The van der Waals surface area contributed by atoms with E-state index in [1.165, 1.54) is 44.9 Å². The largest absolute Gasteiger partial charge is 0.310 e. The van der Waals surface area contributed by atoms with Gasteiger partial charge in [0.2, 0.25) is 0 Å². The first kappa shape index (κ1) is 13.2. The zero-order valence-electron chi connectivity index (χ0n) is 12.2. The number of benzene rings is 1. The lowest BCUT2D eigenvalue weighted by atomic mass is 9.72. The van der Waals surface area contributed by atoms with Gasteiger partial charge in [-0.05, 0) is 61.6 Å². The molecular formula is C18H27N. The number of rotatable bonds is 6. The van der Waals surface area contributed by atoms with E-state index in [0.717, 1.165) is 18.4 Å². The average Bonchev–Trinajstić information content (AvgIpc) is 2.31. The van der Waals surface area contributed by atoms with Crippen LogP contribution < -0.4 is 5.32 Å². The molecule has 0 spiro atoms. The second kappa shape index (κ2) is 6.09. The third-order valence-corrected chi connectivity index (χ3v) is 5.11. The molecule has 1 unspecified atom stereocenters. The van der Waals surface area contributed by atoms with Gasteiger partial charge in [-0.25, -0.2) is 0 Å². The van der Waals surface area contributed by atoms with Gasteiger partial charge < -0.3 is 5.32 Å². The van der Waals surface area contributed by atoms with Crippen LogP contribution in [0.3, 0.4) is 0 Å². The van der Waals surface area contributed by atoms with E-state index < -0.39 is 0 Å². The van der Waals surface area contributed by atoms with Gasteiger partial charge in [-0.3, -0.25) is 0 Å². The van der Waals surface area contributed by atoms with Gasteiger partial charge in [0.1, 0.15) is 0 Å². The fourth-order valence-corrected chi connectivity index (χ4v) is 3.49. The number of hydrogen-bond donors (Lipinski definition) is 1. The summed E-state index contributed by atoms with van der Waals surface area (Å²) in [6.07, 6.45) is 9.73. The van der Waals surface area contributed by atoms with Gasteiger partial charge >= 0.3 is 0 Å². The molecule has 2 aliphatic carbocycles. The smallest absolute Gasteiger partial charge is 0.0351 e. The molecule has 1 nitrogen and oxygen atoms in total. The van der Waals surface area contributed by atoms with Gasteiger partial charge in [-0.15, -0.1) is 0 Å². The molecule has 2 fully saturated rings. The van der Waals surface area contributed by atoms with Gasteiger partial charge in [-0.1, -0.05) is 44.0 Å². The maximum absolute atomic E-state index is 3.83. The van der Waals surface area contributed by atoms with Crippen molar-refractivity contribution in [1.82, 2.24) is 5.32 Å². The molecule has 1 aromatic carbocycles. The summed E-state index contributed by atoms with van der Waals surface area (Å²) in [5.41, 5.74) is 3.26. The van der Waals surface area contributed by atoms with Crippen molar-refractivity contribution in [1.29, 1.82) is 0 Å². The van der Waals surface area contributed by atoms with Crippen LogP contribution in [0.4, 0.5) is 0 Å². The SMILES string of the molecule is CCCNC(c1ccccc1C1CCC1)C1CCC1. The Labute approximate surface area is 117 Å². The van der Waals surface area contributed by atoms with Gasteiger partial charge in [0.25, 0.3) is 0 Å². The van der Waals surface area contributed by atoms with Crippen LogP contribution in [-0.4, -0.2) is 6.54 Å². The van der Waals surface area contributed by atoms with Gasteiger partial charge in [0, 0.05) is 6.04 Å². The predicted molar refractivity (Wildman–Crippen MR) is 81.4 cm³/mol. The van der Waals surface area contributed by atoms with Crippen molar-refractivity contribution >= 4 is 0 Å². The summed E-state index contributed by atoms with van der Waals surface area (Å²) < 4.78 is 0. The zero-order valence-corrected chi connectivity index (χ0v) is 12.2. The Bertz CT molecular complexity index is 404. The highest BCUT2D eigenvalue weighted by Crippen LogP contribution is 2.44. The lowest BCUT2D eigenvalue weighted by molar-refractivity contribution is 0.228. The van der Waals surface area contributed by atoms with Crippen LogP contribution in [0.15, 0.2) is 24.3 Å². The standard InChI is InChI=1S/C18H27N/c1-2-13-19-18(15-9-6-10-15)17-12-4-3-11-16(17)14-7-5-8-14/h3-4,11-12,14-15,18-19H,2,5-10,13H2,1H3. The van der Waals surface area contributed by atoms with E-state index in [1.54, 1.807) is 11.1 Å². The third kappa shape index (κ3) is 2.72. The summed E-state index contributed by atoms with van der Waals surface area (Å²) in [5.74, 6) is 1.73. The Kier molecular flexibility index (Phi) is 4.22. The van der Waals surface area contributed by atoms with Crippen molar-refractivity contribution in [2.24, 2.45) is 5.92 Å². The minimum Gasteiger partial charge on any atom is -0.310 e. The minimum atomic E-state index is 0.616. The van der Waals surface area contributed by atoms with Crippen LogP contribution in [0.2, 0.25) is 0 Å². The first-order chi connectivity index (χ1) is 9.40. The highest BCUT2D eigenvalue weighted by atomic mass is 14.9. The molecule has 1 N–H and O–H groups in total. The van der Waals surface area contributed by atoms with Crippen LogP contribution in [0.1, 0.15) is 75.0 Å². The predicted octanol–water partition coefficient (Wildman–Crippen LogP) is 4.79. The van der Waals surface area contributed by atoms with E-state index in [4.69, 9.17) is 0 Å². The topological polar surface area (TPSA) is 12.0 Å². The summed E-state index contributed by atoms with van der Waals surface area (Å²) >= 11 is 0. The van der Waals surface area contributed by atoms with Gasteiger partial charge in [0.15, 0.2) is 0 Å². The molecule has 104 valence electrons. The van der Waals surface area contributed by atoms with Crippen molar-refractivity contribution in [3.63, 3.8) is 0 Å². The van der Waals surface area contributed by atoms with Gasteiger partial charge in [0.05, 0.1) is 0 Å². The molecule has 19 heavy (non-hydrogen) atoms. The second-order valence-corrected chi connectivity index (χ2v) is 6.38. The summed E-state index contributed by atoms with van der Waals surface area (Å²) in [4.78, 5) is 0. The van der Waals surface area contributed by atoms with Crippen molar-refractivity contribution in [2.45, 2.75) is 63.8 Å². The van der Waals surface area contributed by atoms with Gasteiger partial charge in [-0.2, -0.15) is 0 Å². The summed E-state index contributed by atoms with van der Waals surface area (Å²) in [7, 11) is 0. The molecule has 1 atom stereocenters. The van der Waals surface area contributed by atoms with Crippen molar-refractivity contribution in [3.8, 4) is 0 Å². The van der Waals surface area contributed by atoms with E-state index in [1.807, 2.05) is 0 Å². The normalized spacial score (nSPS) is 21.7. The molecule has 0 aromatic heterocycles. The molecule has 0 saturated heterocycles. The lowest BCUT2D eigenvalue weighted by Crippen LogP contribution is -2.33. The minimum absolute atomic E-state index is 0.616. The molecular weight excluding hydrogens is 230 g/mol. The molecule has 0 amide bonds. The summed E-state index contributed by atoms with van der Waals surface area (Å²) in [6, 6.07) is 9.86. The quantitative estimate of drug-likeness (QED) is 0.772. The summed E-state index contributed by atoms with van der Waals surface area (Å²) in [6.45, 7) is 3.42. The molecule has 0 radical (unpaired) electrons. The summed E-state index contributed by atoms with van der Waals surface area (Å²) in [5, 5.41) is 3.83. The molecule has 0 bridgehead atoms. The third-order valence-electron chi connectivity index (χ3n) is 5.11. The van der Waals surface area contributed by atoms with Crippen molar-refractivity contribution in [2.75, 3.05) is 6.54 Å². The maximum Gasteiger partial charge on any atom is 0.0351 e. The van der Waals surface area contributed by atoms with Crippen LogP contribution in [0.5, 0.6) is 0 Å². The van der Waals surface area contributed by atoms with E-state index in [0.29, 0.717) is 6.04 Å². The molecule has 2 saturated carbocycles.